The van der Waals surface area contributed by atoms with Crippen LogP contribution < -0.4 is 5.32 Å². The van der Waals surface area contributed by atoms with Gasteiger partial charge in [-0.15, -0.1) is 0 Å². The van der Waals surface area contributed by atoms with E-state index in [-0.39, 0.29) is 0 Å². The molecule has 0 saturated carbocycles. The number of amides is 1. The summed E-state index contributed by atoms with van der Waals surface area (Å²) in [6.07, 6.45) is 2.26. The zero-order valence-corrected chi connectivity index (χ0v) is 13.0. The highest BCUT2D eigenvalue weighted by molar-refractivity contribution is 5.76. The Morgan fingerprint density at radius 3 is 2.55 bits per heavy atom. The van der Waals surface area contributed by atoms with E-state index in [0.29, 0.717) is 12.3 Å². The molecule has 22 heavy (non-hydrogen) atoms. The molecule has 0 atom stereocenters. The SMILES string of the molecule is O=C(CCN1CCN(Cc2ccon2)CC1)N1CCNCC1. The molecule has 0 aliphatic carbocycles. The minimum Gasteiger partial charge on any atom is -0.364 e. The summed E-state index contributed by atoms with van der Waals surface area (Å²) in [6, 6.07) is 1.92. The number of hydrogen-bond acceptors (Lipinski definition) is 6. The molecule has 1 aromatic heterocycles. The van der Waals surface area contributed by atoms with Crippen molar-refractivity contribution in [2.45, 2.75) is 13.0 Å². The highest BCUT2D eigenvalue weighted by Gasteiger charge is 2.20. The van der Waals surface area contributed by atoms with Gasteiger partial charge in [0.05, 0.1) is 5.69 Å². The van der Waals surface area contributed by atoms with Gasteiger partial charge in [0, 0.05) is 77.9 Å². The van der Waals surface area contributed by atoms with Gasteiger partial charge in [0.2, 0.25) is 5.91 Å². The predicted molar refractivity (Wildman–Crippen MR) is 82.3 cm³/mol. The first kappa shape index (κ1) is 15.5. The number of piperazine rings is 2. The van der Waals surface area contributed by atoms with E-state index in [0.717, 1.165) is 71.1 Å². The van der Waals surface area contributed by atoms with Crippen LogP contribution in [0.3, 0.4) is 0 Å². The fraction of sp³-hybridized carbons (Fsp3) is 0.733. The zero-order valence-electron chi connectivity index (χ0n) is 13.0. The zero-order chi connectivity index (χ0) is 15.2. The monoisotopic (exact) mass is 307 g/mol. The molecule has 1 N–H and O–H groups in total. The molecule has 0 unspecified atom stereocenters. The standard InChI is InChI=1S/C15H25N5O2/c21-15(20-6-3-16-4-7-20)1-5-18-8-10-19(11-9-18)13-14-2-12-22-17-14/h2,12,16H,1,3-11,13H2. The van der Waals surface area contributed by atoms with Crippen molar-refractivity contribution in [3.8, 4) is 0 Å². The van der Waals surface area contributed by atoms with Crippen LogP contribution in [0.15, 0.2) is 16.9 Å². The molecule has 7 heteroatoms. The molecule has 2 fully saturated rings. The number of nitrogens with one attached hydrogen (secondary N) is 1. The van der Waals surface area contributed by atoms with Crippen molar-refractivity contribution in [3.05, 3.63) is 18.0 Å². The molecule has 3 rings (SSSR count). The van der Waals surface area contributed by atoms with Gasteiger partial charge in [-0.05, 0) is 0 Å². The van der Waals surface area contributed by atoms with Crippen LogP contribution in [0.4, 0.5) is 0 Å². The molecule has 1 amide bonds. The van der Waals surface area contributed by atoms with Crippen LogP contribution in [-0.2, 0) is 11.3 Å². The van der Waals surface area contributed by atoms with Crippen molar-refractivity contribution in [2.75, 3.05) is 58.9 Å². The second-order valence-electron chi connectivity index (χ2n) is 5.99. The maximum Gasteiger partial charge on any atom is 0.223 e. The summed E-state index contributed by atoms with van der Waals surface area (Å²) in [5, 5.41) is 7.23. The fourth-order valence-corrected chi connectivity index (χ4v) is 3.05. The van der Waals surface area contributed by atoms with E-state index in [1.54, 1.807) is 6.26 Å². The van der Waals surface area contributed by atoms with Gasteiger partial charge < -0.3 is 19.6 Å². The molecule has 2 aliphatic heterocycles. The van der Waals surface area contributed by atoms with E-state index in [1.165, 1.54) is 0 Å². The summed E-state index contributed by atoms with van der Waals surface area (Å²) in [5.74, 6) is 0.298. The van der Waals surface area contributed by atoms with E-state index < -0.39 is 0 Å². The number of aromatic nitrogens is 1. The summed E-state index contributed by atoms with van der Waals surface area (Å²) in [7, 11) is 0. The molecule has 2 aliphatic rings. The Labute approximate surface area is 131 Å². The summed E-state index contributed by atoms with van der Waals surface area (Å²) >= 11 is 0. The third-order valence-corrected chi connectivity index (χ3v) is 4.45. The highest BCUT2D eigenvalue weighted by Crippen LogP contribution is 2.08. The number of nitrogens with zero attached hydrogens (tertiary/aromatic N) is 4. The molecule has 1 aromatic rings. The third-order valence-electron chi connectivity index (χ3n) is 4.45. The maximum absolute atomic E-state index is 12.2. The lowest BCUT2D eigenvalue weighted by Gasteiger charge is -2.34. The quantitative estimate of drug-likeness (QED) is 0.800. The van der Waals surface area contributed by atoms with E-state index in [4.69, 9.17) is 4.52 Å². The summed E-state index contributed by atoms with van der Waals surface area (Å²) < 4.78 is 4.87. The Morgan fingerprint density at radius 2 is 1.86 bits per heavy atom. The highest BCUT2D eigenvalue weighted by atomic mass is 16.5. The predicted octanol–water partition coefficient (Wildman–Crippen LogP) is -0.386. The van der Waals surface area contributed by atoms with E-state index >= 15 is 0 Å². The second-order valence-corrected chi connectivity index (χ2v) is 5.99. The average molecular weight is 307 g/mol. The molecule has 2 saturated heterocycles. The van der Waals surface area contributed by atoms with Crippen molar-refractivity contribution in [2.24, 2.45) is 0 Å². The van der Waals surface area contributed by atoms with Crippen molar-refractivity contribution < 1.29 is 9.32 Å². The Morgan fingerprint density at radius 1 is 1.14 bits per heavy atom. The largest absolute Gasteiger partial charge is 0.364 e. The van der Waals surface area contributed by atoms with Crippen LogP contribution in [0.5, 0.6) is 0 Å². The van der Waals surface area contributed by atoms with Gasteiger partial charge >= 0.3 is 0 Å². The molecular formula is C15H25N5O2. The van der Waals surface area contributed by atoms with Gasteiger partial charge in [-0.25, -0.2) is 0 Å². The third kappa shape index (κ3) is 4.28. The van der Waals surface area contributed by atoms with Crippen LogP contribution >= 0.6 is 0 Å². The molecule has 122 valence electrons. The number of hydrogen-bond donors (Lipinski definition) is 1. The van der Waals surface area contributed by atoms with Crippen molar-refractivity contribution in [1.29, 1.82) is 0 Å². The van der Waals surface area contributed by atoms with Gasteiger partial charge in [0.1, 0.15) is 6.26 Å². The Balaban J connectivity index is 1.34. The number of carbonyl (C=O) groups is 1. The molecule has 7 nitrogen and oxygen atoms in total. The van der Waals surface area contributed by atoms with Gasteiger partial charge in [-0.1, -0.05) is 5.16 Å². The maximum atomic E-state index is 12.2. The van der Waals surface area contributed by atoms with Crippen LogP contribution in [0, 0.1) is 0 Å². The Kier molecular flexibility index (Phi) is 5.42. The fourth-order valence-electron chi connectivity index (χ4n) is 3.05. The van der Waals surface area contributed by atoms with Gasteiger partial charge in [-0.3, -0.25) is 9.69 Å². The lowest BCUT2D eigenvalue weighted by atomic mass is 10.2. The van der Waals surface area contributed by atoms with Crippen molar-refractivity contribution >= 4 is 5.91 Å². The van der Waals surface area contributed by atoms with Crippen LogP contribution in [0.1, 0.15) is 12.1 Å². The smallest absolute Gasteiger partial charge is 0.223 e. The summed E-state index contributed by atoms with van der Waals surface area (Å²) in [5.41, 5.74) is 0.988. The van der Waals surface area contributed by atoms with Crippen molar-refractivity contribution in [3.63, 3.8) is 0 Å². The molecule has 0 bridgehead atoms. The first-order valence-corrected chi connectivity index (χ1v) is 8.14. The normalized spacial score (nSPS) is 21.2. The molecule has 3 heterocycles. The Hall–Kier alpha value is -1.44. The minimum atomic E-state index is 0.298. The van der Waals surface area contributed by atoms with Crippen LogP contribution in [-0.4, -0.2) is 84.7 Å². The average Bonchev–Trinajstić information content (AvgIpc) is 3.08. The first-order chi connectivity index (χ1) is 10.8. The van der Waals surface area contributed by atoms with Crippen molar-refractivity contribution in [1.82, 2.24) is 25.2 Å². The lowest BCUT2D eigenvalue weighted by molar-refractivity contribution is -0.132. The Bertz CT molecular complexity index is 451. The summed E-state index contributed by atoms with van der Waals surface area (Å²) in [6.45, 7) is 9.36. The topological polar surface area (TPSA) is 64.9 Å². The first-order valence-electron chi connectivity index (χ1n) is 8.14. The van der Waals surface area contributed by atoms with E-state index in [9.17, 15) is 4.79 Å². The number of rotatable bonds is 5. The van der Waals surface area contributed by atoms with Gasteiger partial charge in [0.15, 0.2) is 0 Å². The second kappa shape index (κ2) is 7.71. The van der Waals surface area contributed by atoms with E-state index in [1.807, 2.05) is 11.0 Å². The van der Waals surface area contributed by atoms with Gasteiger partial charge in [0.25, 0.3) is 0 Å². The van der Waals surface area contributed by atoms with Crippen LogP contribution in [0.2, 0.25) is 0 Å². The molecule has 0 aromatic carbocycles. The summed E-state index contributed by atoms with van der Waals surface area (Å²) in [4.78, 5) is 18.9. The molecule has 0 radical (unpaired) electrons. The van der Waals surface area contributed by atoms with Crippen LogP contribution in [0.25, 0.3) is 0 Å². The molecular weight excluding hydrogens is 282 g/mol. The minimum absolute atomic E-state index is 0.298. The van der Waals surface area contributed by atoms with Gasteiger partial charge in [-0.2, -0.15) is 0 Å². The number of carbonyl (C=O) groups excluding carboxylic acids is 1. The lowest BCUT2D eigenvalue weighted by Crippen LogP contribution is -2.49. The van der Waals surface area contributed by atoms with E-state index in [2.05, 4.69) is 20.3 Å². The molecule has 0 spiro atoms.